The van der Waals surface area contributed by atoms with E-state index in [4.69, 9.17) is 22.1 Å². The van der Waals surface area contributed by atoms with Crippen LogP contribution in [-0.4, -0.2) is 0 Å². The molecule has 2 N–H and O–H groups in total. The van der Waals surface area contributed by atoms with Crippen LogP contribution in [0, 0.1) is 20.8 Å². The minimum Gasteiger partial charge on any atom is -0.488 e. The zero-order valence-electron chi connectivity index (χ0n) is 11.5. The van der Waals surface area contributed by atoms with Gasteiger partial charge in [-0.05, 0) is 49.6 Å². The Balaban J connectivity index is 2.21. The number of hydrogen-bond donors (Lipinski definition) is 1. The van der Waals surface area contributed by atoms with Crippen molar-refractivity contribution in [2.45, 2.75) is 27.4 Å². The molecule has 0 fully saturated rings. The standard InChI is InChI=1S/C16H18ClNO/c1-10-4-5-11(2)16(12(10)3)19-9-13-6-7-14(17)8-15(13)18/h4-8H,9,18H2,1-3H3. The molecule has 0 amide bonds. The molecule has 0 radical (unpaired) electrons. The quantitative estimate of drug-likeness (QED) is 0.841. The lowest BCUT2D eigenvalue weighted by Crippen LogP contribution is -2.03. The molecule has 0 bridgehead atoms. The van der Waals surface area contributed by atoms with Gasteiger partial charge in [-0.1, -0.05) is 29.8 Å². The second kappa shape index (κ2) is 5.54. The molecule has 0 aliphatic carbocycles. The van der Waals surface area contributed by atoms with Gasteiger partial charge >= 0.3 is 0 Å². The van der Waals surface area contributed by atoms with Gasteiger partial charge in [-0.2, -0.15) is 0 Å². The number of ether oxygens (including phenoxy) is 1. The van der Waals surface area contributed by atoms with Gasteiger partial charge in [0.1, 0.15) is 12.4 Å². The van der Waals surface area contributed by atoms with Gasteiger partial charge in [-0.3, -0.25) is 0 Å². The lowest BCUT2D eigenvalue weighted by molar-refractivity contribution is 0.302. The van der Waals surface area contributed by atoms with Gasteiger partial charge in [-0.15, -0.1) is 0 Å². The third-order valence-electron chi connectivity index (χ3n) is 3.35. The van der Waals surface area contributed by atoms with Gasteiger partial charge in [0.05, 0.1) is 0 Å². The summed E-state index contributed by atoms with van der Waals surface area (Å²) in [5, 5.41) is 0.643. The van der Waals surface area contributed by atoms with Crippen LogP contribution in [0.5, 0.6) is 5.75 Å². The molecule has 0 unspecified atom stereocenters. The number of nitrogens with two attached hydrogens (primary N) is 1. The summed E-state index contributed by atoms with van der Waals surface area (Å²) in [6.07, 6.45) is 0. The number of benzene rings is 2. The molecular weight excluding hydrogens is 258 g/mol. The molecule has 0 heterocycles. The number of hydrogen-bond acceptors (Lipinski definition) is 2. The fourth-order valence-electron chi connectivity index (χ4n) is 1.99. The molecule has 0 spiro atoms. The predicted octanol–water partition coefficient (Wildman–Crippen LogP) is 4.43. The molecule has 2 aromatic rings. The SMILES string of the molecule is Cc1ccc(C)c(OCc2ccc(Cl)cc2N)c1C. The van der Waals surface area contributed by atoms with E-state index in [1.54, 1.807) is 6.07 Å². The summed E-state index contributed by atoms with van der Waals surface area (Å²) in [4.78, 5) is 0. The molecule has 3 heteroatoms. The highest BCUT2D eigenvalue weighted by Crippen LogP contribution is 2.27. The minimum absolute atomic E-state index is 0.453. The Hall–Kier alpha value is -1.67. The topological polar surface area (TPSA) is 35.2 Å². The fraction of sp³-hybridized carbons (Fsp3) is 0.250. The molecule has 2 aromatic carbocycles. The molecule has 0 aliphatic rings. The summed E-state index contributed by atoms with van der Waals surface area (Å²) in [7, 11) is 0. The van der Waals surface area contributed by atoms with Crippen molar-refractivity contribution in [3.8, 4) is 5.75 Å². The van der Waals surface area contributed by atoms with Crippen LogP contribution in [0.1, 0.15) is 22.3 Å². The van der Waals surface area contributed by atoms with Crippen molar-refractivity contribution >= 4 is 17.3 Å². The Morgan fingerprint density at radius 2 is 1.74 bits per heavy atom. The van der Waals surface area contributed by atoms with E-state index in [0.29, 0.717) is 17.3 Å². The minimum atomic E-state index is 0.453. The Labute approximate surface area is 119 Å². The Morgan fingerprint density at radius 3 is 2.42 bits per heavy atom. The highest BCUT2D eigenvalue weighted by molar-refractivity contribution is 6.30. The summed E-state index contributed by atoms with van der Waals surface area (Å²) in [6.45, 7) is 6.66. The Bertz CT molecular complexity index is 608. The van der Waals surface area contributed by atoms with Gasteiger partial charge in [0.15, 0.2) is 0 Å². The molecule has 0 atom stereocenters. The maximum absolute atomic E-state index is 5.93. The van der Waals surface area contributed by atoms with Crippen molar-refractivity contribution in [2.24, 2.45) is 0 Å². The maximum atomic E-state index is 5.93. The van der Waals surface area contributed by atoms with E-state index in [9.17, 15) is 0 Å². The van der Waals surface area contributed by atoms with Crippen LogP contribution in [0.25, 0.3) is 0 Å². The normalized spacial score (nSPS) is 10.5. The highest BCUT2D eigenvalue weighted by Gasteiger charge is 2.08. The largest absolute Gasteiger partial charge is 0.488 e. The Kier molecular flexibility index (Phi) is 4.01. The number of halogens is 1. The first kappa shape index (κ1) is 13.8. The van der Waals surface area contributed by atoms with Crippen molar-refractivity contribution in [1.82, 2.24) is 0 Å². The van der Waals surface area contributed by atoms with E-state index in [2.05, 4.69) is 26.0 Å². The summed E-state index contributed by atoms with van der Waals surface area (Å²) < 4.78 is 5.93. The second-order valence-corrected chi connectivity index (χ2v) is 5.22. The summed E-state index contributed by atoms with van der Waals surface area (Å²) in [5.41, 5.74) is 11.1. The van der Waals surface area contributed by atoms with Crippen LogP contribution < -0.4 is 10.5 Å². The molecule has 19 heavy (non-hydrogen) atoms. The van der Waals surface area contributed by atoms with Crippen LogP contribution in [0.3, 0.4) is 0 Å². The van der Waals surface area contributed by atoms with Crippen LogP contribution in [-0.2, 0) is 6.61 Å². The van der Waals surface area contributed by atoms with E-state index in [-0.39, 0.29) is 0 Å². The third kappa shape index (κ3) is 3.02. The van der Waals surface area contributed by atoms with Crippen LogP contribution >= 0.6 is 11.6 Å². The molecule has 0 aromatic heterocycles. The molecule has 2 nitrogen and oxygen atoms in total. The highest BCUT2D eigenvalue weighted by atomic mass is 35.5. The van der Waals surface area contributed by atoms with Crippen molar-refractivity contribution in [3.63, 3.8) is 0 Å². The van der Waals surface area contributed by atoms with Gasteiger partial charge in [-0.25, -0.2) is 0 Å². The molecule has 0 saturated carbocycles. The summed E-state index contributed by atoms with van der Waals surface area (Å²) >= 11 is 5.88. The average molecular weight is 276 g/mol. The molecule has 2 rings (SSSR count). The summed E-state index contributed by atoms with van der Waals surface area (Å²) in [5.74, 6) is 0.939. The van der Waals surface area contributed by atoms with Crippen molar-refractivity contribution in [1.29, 1.82) is 0 Å². The Morgan fingerprint density at radius 1 is 1.05 bits per heavy atom. The number of anilines is 1. The first-order valence-corrected chi connectivity index (χ1v) is 6.60. The number of aryl methyl sites for hydroxylation is 2. The van der Waals surface area contributed by atoms with Gasteiger partial charge in [0.25, 0.3) is 0 Å². The lowest BCUT2D eigenvalue weighted by Gasteiger charge is -2.15. The van der Waals surface area contributed by atoms with E-state index in [0.717, 1.165) is 16.9 Å². The first-order chi connectivity index (χ1) is 8.99. The molecule has 100 valence electrons. The zero-order valence-corrected chi connectivity index (χ0v) is 12.2. The van der Waals surface area contributed by atoms with Crippen LogP contribution in [0.4, 0.5) is 5.69 Å². The summed E-state index contributed by atoms with van der Waals surface area (Å²) in [6, 6.07) is 9.65. The van der Waals surface area contributed by atoms with E-state index >= 15 is 0 Å². The maximum Gasteiger partial charge on any atom is 0.125 e. The first-order valence-electron chi connectivity index (χ1n) is 6.22. The van der Waals surface area contributed by atoms with Crippen LogP contribution in [0.2, 0.25) is 5.02 Å². The van der Waals surface area contributed by atoms with Crippen molar-refractivity contribution in [3.05, 3.63) is 57.6 Å². The van der Waals surface area contributed by atoms with Gasteiger partial charge in [0, 0.05) is 16.3 Å². The van der Waals surface area contributed by atoms with E-state index in [1.807, 2.05) is 19.1 Å². The van der Waals surface area contributed by atoms with Crippen molar-refractivity contribution in [2.75, 3.05) is 5.73 Å². The average Bonchev–Trinajstić information content (AvgIpc) is 2.36. The lowest BCUT2D eigenvalue weighted by atomic mass is 10.1. The number of nitrogen functional groups attached to an aromatic ring is 1. The molecule has 0 aliphatic heterocycles. The van der Waals surface area contributed by atoms with Gasteiger partial charge < -0.3 is 10.5 Å². The monoisotopic (exact) mass is 275 g/mol. The van der Waals surface area contributed by atoms with E-state index in [1.165, 1.54) is 11.1 Å². The van der Waals surface area contributed by atoms with Gasteiger partial charge in [0.2, 0.25) is 0 Å². The molecular formula is C16H18ClNO. The van der Waals surface area contributed by atoms with Crippen LogP contribution in [0.15, 0.2) is 30.3 Å². The molecule has 0 saturated heterocycles. The zero-order chi connectivity index (χ0) is 14.0. The predicted molar refractivity (Wildman–Crippen MR) is 80.8 cm³/mol. The smallest absolute Gasteiger partial charge is 0.125 e. The fourth-order valence-corrected chi connectivity index (χ4v) is 2.18. The second-order valence-electron chi connectivity index (χ2n) is 4.79. The van der Waals surface area contributed by atoms with Crippen molar-refractivity contribution < 1.29 is 4.74 Å². The van der Waals surface area contributed by atoms with E-state index < -0.39 is 0 Å². The third-order valence-corrected chi connectivity index (χ3v) is 3.59. The number of rotatable bonds is 3.